The molecule has 4 heteroatoms. The molecular formula is C19H30N2O2. The molecule has 0 aliphatic carbocycles. The number of aromatic hydroxyl groups is 1. The molecule has 0 aromatic heterocycles. The van der Waals surface area contributed by atoms with Crippen LogP contribution in [-0.2, 0) is 4.79 Å². The highest BCUT2D eigenvalue weighted by Crippen LogP contribution is 2.12. The van der Waals surface area contributed by atoms with Gasteiger partial charge >= 0.3 is 0 Å². The van der Waals surface area contributed by atoms with E-state index in [4.69, 9.17) is 0 Å². The van der Waals surface area contributed by atoms with Crippen LogP contribution in [0.3, 0.4) is 0 Å². The van der Waals surface area contributed by atoms with Crippen LogP contribution in [0.1, 0.15) is 76.7 Å². The summed E-state index contributed by atoms with van der Waals surface area (Å²) in [5.74, 6) is 0.0871. The average molecular weight is 318 g/mol. The molecule has 0 bridgehead atoms. The van der Waals surface area contributed by atoms with Crippen molar-refractivity contribution >= 4 is 12.1 Å². The minimum absolute atomic E-state index is 0.0698. The van der Waals surface area contributed by atoms with E-state index in [2.05, 4.69) is 17.5 Å². The summed E-state index contributed by atoms with van der Waals surface area (Å²) in [6.45, 7) is 2.23. The van der Waals surface area contributed by atoms with Crippen LogP contribution in [0.25, 0.3) is 0 Å². The highest BCUT2D eigenvalue weighted by Gasteiger charge is 2.00. The number of hydrogen-bond acceptors (Lipinski definition) is 3. The Kier molecular flexibility index (Phi) is 10.6. The number of para-hydroxylation sites is 1. The van der Waals surface area contributed by atoms with Gasteiger partial charge in [0.2, 0.25) is 5.91 Å². The lowest BCUT2D eigenvalue weighted by atomic mass is 10.1. The Labute approximate surface area is 140 Å². The molecule has 0 unspecified atom stereocenters. The SMILES string of the molecule is CCCCCCCCCCCC(=O)N/N=C/c1ccccc1O. The van der Waals surface area contributed by atoms with E-state index >= 15 is 0 Å². The molecule has 0 heterocycles. The highest BCUT2D eigenvalue weighted by atomic mass is 16.3. The summed E-state index contributed by atoms with van der Waals surface area (Å²) >= 11 is 0. The molecule has 0 aliphatic rings. The lowest BCUT2D eigenvalue weighted by Crippen LogP contribution is -2.16. The third kappa shape index (κ3) is 9.72. The van der Waals surface area contributed by atoms with Gasteiger partial charge in [-0.3, -0.25) is 4.79 Å². The number of benzene rings is 1. The van der Waals surface area contributed by atoms with E-state index in [1.165, 1.54) is 51.2 Å². The lowest BCUT2D eigenvalue weighted by molar-refractivity contribution is -0.121. The molecule has 1 rings (SSSR count). The fourth-order valence-corrected chi connectivity index (χ4v) is 2.42. The summed E-state index contributed by atoms with van der Waals surface area (Å²) in [7, 11) is 0. The van der Waals surface area contributed by atoms with Crippen LogP contribution in [-0.4, -0.2) is 17.2 Å². The molecule has 1 aromatic carbocycles. The van der Waals surface area contributed by atoms with Gasteiger partial charge in [0.1, 0.15) is 5.75 Å². The maximum Gasteiger partial charge on any atom is 0.240 e. The van der Waals surface area contributed by atoms with Crippen LogP contribution >= 0.6 is 0 Å². The number of nitrogens with one attached hydrogen (secondary N) is 1. The van der Waals surface area contributed by atoms with Gasteiger partial charge in [-0.1, -0.05) is 70.4 Å². The molecule has 4 nitrogen and oxygen atoms in total. The molecule has 1 amide bonds. The molecule has 0 spiro atoms. The van der Waals surface area contributed by atoms with Gasteiger partial charge in [-0.05, 0) is 18.6 Å². The fraction of sp³-hybridized carbons (Fsp3) is 0.579. The van der Waals surface area contributed by atoms with Gasteiger partial charge in [0.05, 0.1) is 6.21 Å². The first-order chi connectivity index (χ1) is 11.2. The summed E-state index contributed by atoms with van der Waals surface area (Å²) in [6.07, 6.45) is 13.1. The number of hydrazone groups is 1. The van der Waals surface area contributed by atoms with E-state index in [-0.39, 0.29) is 11.7 Å². The van der Waals surface area contributed by atoms with E-state index in [0.29, 0.717) is 12.0 Å². The summed E-state index contributed by atoms with van der Waals surface area (Å²) < 4.78 is 0. The van der Waals surface area contributed by atoms with Crippen LogP contribution in [0.2, 0.25) is 0 Å². The number of rotatable bonds is 12. The van der Waals surface area contributed by atoms with Crippen molar-refractivity contribution < 1.29 is 9.90 Å². The van der Waals surface area contributed by atoms with Crippen molar-refractivity contribution in [3.05, 3.63) is 29.8 Å². The first-order valence-electron chi connectivity index (χ1n) is 8.84. The maximum atomic E-state index is 11.6. The van der Waals surface area contributed by atoms with Crippen LogP contribution in [0, 0.1) is 0 Å². The second-order valence-corrected chi connectivity index (χ2v) is 5.93. The zero-order valence-electron chi connectivity index (χ0n) is 14.3. The van der Waals surface area contributed by atoms with Crippen molar-refractivity contribution in [3.8, 4) is 5.75 Å². The Morgan fingerprint density at radius 1 is 1.04 bits per heavy atom. The second kappa shape index (κ2) is 12.7. The van der Waals surface area contributed by atoms with Crippen molar-refractivity contribution in [3.63, 3.8) is 0 Å². The molecule has 0 fully saturated rings. The molecule has 0 radical (unpaired) electrons. The van der Waals surface area contributed by atoms with Gasteiger partial charge in [-0.25, -0.2) is 5.43 Å². The number of phenolic OH excluding ortho intramolecular Hbond substituents is 1. The molecule has 0 aliphatic heterocycles. The number of carbonyl (C=O) groups is 1. The average Bonchev–Trinajstić information content (AvgIpc) is 2.55. The number of unbranched alkanes of at least 4 members (excludes halogenated alkanes) is 8. The van der Waals surface area contributed by atoms with E-state index in [1.807, 2.05) is 6.07 Å². The number of carbonyl (C=O) groups excluding carboxylic acids is 1. The summed E-state index contributed by atoms with van der Waals surface area (Å²) in [4.78, 5) is 11.6. The minimum Gasteiger partial charge on any atom is -0.507 e. The molecule has 0 atom stereocenters. The third-order valence-corrected chi connectivity index (χ3v) is 3.84. The van der Waals surface area contributed by atoms with Gasteiger partial charge in [0.15, 0.2) is 0 Å². The van der Waals surface area contributed by atoms with E-state index in [9.17, 15) is 9.90 Å². The van der Waals surface area contributed by atoms with Crippen LogP contribution in [0.4, 0.5) is 0 Å². The number of hydrogen-bond donors (Lipinski definition) is 2. The first kappa shape index (κ1) is 19.2. The topological polar surface area (TPSA) is 61.7 Å². The molecular weight excluding hydrogens is 288 g/mol. The third-order valence-electron chi connectivity index (χ3n) is 3.84. The van der Waals surface area contributed by atoms with Crippen molar-refractivity contribution in [2.24, 2.45) is 5.10 Å². The Morgan fingerprint density at radius 3 is 2.30 bits per heavy atom. The van der Waals surface area contributed by atoms with Gasteiger partial charge < -0.3 is 5.11 Å². The number of phenols is 1. The summed E-state index contributed by atoms with van der Waals surface area (Å²) in [6, 6.07) is 6.89. The van der Waals surface area contributed by atoms with Gasteiger partial charge in [-0.15, -0.1) is 0 Å². The van der Waals surface area contributed by atoms with Crippen molar-refractivity contribution in [1.29, 1.82) is 0 Å². The van der Waals surface area contributed by atoms with E-state index < -0.39 is 0 Å². The predicted molar refractivity (Wildman–Crippen MR) is 95.7 cm³/mol. The fourth-order valence-electron chi connectivity index (χ4n) is 2.42. The quantitative estimate of drug-likeness (QED) is 0.331. The highest BCUT2D eigenvalue weighted by molar-refractivity contribution is 5.84. The molecule has 128 valence electrons. The lowest BCUT2D eigenvalue weighted by Gasteiger charge is -2.02. The van der Waals surface area contributed by atoms with Gasteiger partial charge in [-0.2, -0.15) is 5.10 Å². The van der Waals surface area contributed by atoms with Gasteiger partial charge in [0.25, 0.3) is 0 Å². The van der Waals surface area contributed by atoms with Crippen LogP contribution in [0.5, 0.6) is 5.75 Å². The predicted octanol–water partition coefficient (Wildman–Crippen LogP) is 4.76. The van der Waals surface area contributed by atoms with Crippen LogP contribution in [0.15, 0.2) is 29.4 Å². The molecule has 0 saturated heterocycles. The molecule has 1 aromatic rings. The largest absolute Gasteiger partial charge is 0.507 e. The van der Waals surface area contributed by atoms with Gasteiger partial charge in [0, 0.05) is 12.0 Å². The Hall–Kier alpha value is -1.84. The number of amides is 1. The first-order valence-corrected chi connectivity index (χ1v) is 8.84. The van der Waals surface area contributed by atoms with Crippen molar-refractivity contribution in [1.82, 2.24) is 5.43 Å². The maximum absolute atomic E-state index is 11.6. The zero-order valence-corrected chi connectivity index (χ0v) is 14.3. The van der Waals surface area contributed by atoms with Crippen molar-refractivity contribution in [2.75, 3.05) is 0 Å². The standard InChI is InChI=1S/C19H30N2O2/c1-2-3-4-5-6-7-8-9-10-15-19(23)21-20-16-17-13-11-12-14-18(17)22/h11-14,16,22H,2-10,15H2,1H3,(H,21,23)/b20-16+. The minimum atomic E-state index is -0.0698. The normalized spacial score (nSPS) is 11.0. The Morgan fingerprint density at radius 2 is 1.65 bits per heavy atom. The zero-order chi connectivity index (χ0) is 16.8. The molecule has 23 heavy (non-hydrogen) atoms. The molecule has 2 N–H and O–H groups in total. The second-order valence-electron chi connectivity index (χ2n) is 5.93. The summed E-state index contributed by atoms with van der Waals surface area (Å²) in [5, 5.41) is 13.4. The van der Waals surface area contributed by atoms with E-state index in [1.54, 1.807) is 18.2 Å². The molecule has 0 saturated carbocycles. The Balaban J connectivity index is 2.01. The Bertz CT molecular complexity index is 472. The smallest absolute Gasteiger partial charge is 0.240 e. The summed E-state index contributed by atoms with van der Waals surface area (Å²) in [5.41, 5.74) is 3.10. The monoisotopic (exact) mass is 318 g/mol. The van der Waals surface area contributed by atoms with Crippen molar-refractivity contribution in [2.45, 2.75) is 71.1 Å². The van der Waals surface area contributed by atoms with Crippen LogP contribution < -0.4 is 5.43 Å². The van der Waals surface area contributed by atoms with E-state index in [0.717, 1.165) is 12.8 Å². The number of nitrogens with zero attached hydrogens (tertiary/aromatic N) is 1.